The predicted octanol–water partition coefficient (Wildman–Crippen LogP) is 4.35. The highest BCUT2D eigenvalue weighted by Gasteiger charge is 2.36. The Kier molecular flexibility index (Phi) is 10.2. The van der Waals surface area contributed by atoms with Crippen LogP contribution in [0.2, 0.25) is 0 Å². The van der Waals surface area contributed by atoms with E-state index in [0.29, 0.717) is 35.1 Å². The van der Waals surface area contributed by atoms with Gasteiger partial charge in [-0.05, 0) is 60.5 Å². The largest absolute Gasteiger partial charge is 0.493 e. The number of benzene rings is 2. The van der Waals surface area contributed by atoms with Crippen molar-refractivity contribution < 1.29 is 38.1 Å². The Morgan fingerprint density at radius 2 is 1.82 bits per heavy atom. The number of esters is 1. The second kappa shape index (κ2) is 13.5. The molecule has 1 N–H and O–H groups in total. The quantitative estimate of drug-likeness (QED) is 0.308. The number of thioether (sulfide) groups is 1. The first-order valence-corrected chi connectivity index (χ1v) is 12.8. The number of imide groups is 1. The smallest absolute Gasteiger partial charge is 0.326 e. The normalized spacial score (nSPS) is 14.1. The summed E-state index contributed by atoms with van der Waals surface area (Å²) in [5, 5.41) is 2.20. The lowest BCUT2D eigenvalue weighted by molar-refractivity contribution is -0.147. The number of nitrogens with zero attached hydrogens (tertiary/aromatic N) is 1. The van der Waals surface area contributed by atoms with Crippen LogP contribution in [-0.4, -0.2) is 61.4 Å². The molecule has 202 valence electrons. The number of nitrogens with one attached hydrogen (secondary N) is 1. The van der Waals surface area contributed by atoms with Crippen LogP contribution >= 0.6 is 11.8 Å². The lowest BCUT2D eigenvalue weighted by Crippen LogP contribution is -2.34. The summed E-state index contributed by atoms with van der Waals surface area (Å²) in [6.07, 6.45) is 1.52. The maximum atomic E-state index is 12.7. The molecule has 0 spiro atoms. The Morgan fingerprint density at radius 1 is 1.05 bits per heavy atom. The summed E-state index contributed by atoms with van der Waals surface area (Å²) in [6, 6.07) is 12.0. The van der Waals surface area contributed by atoms with E-state index in [1.807, 2.05) is 26.8 Å². The average Bonchev–Trinajstić information content (AvgIpc) is 3.15. The standard InChI is InChI=1S/C27H30N2O8S/c1-5-35-20-9-7-6-8-19(20)28-24(30)16-36-21-11-10-18(12-22(21)34-4)13-23-26(32)29(27(33)38-23)14-25(31)37-15-17(2)3/h6-13,17H,5,14-16H2,1-4H3,(H,28,30)/b23-13+. The molecule has 2 aromatic rings. The van der Waals surface area contributed by atoms with Crippen LogP contribution in [0, 0.1) is 5.92 Å². The van der Waals surface area contributed by atoms with Gasteiger partial charge >= 0.3 is 5.97 Å². The van der Waals surface area contributed by atoms with Crippen molar-refractivity contribution in [1.82, 2.24) is 4.90 Å². The molecule has 11 heteroatoms. The van der Waals surface area contributed by atoms with Crippen molar-refractivity contribution in [2.75, 3.05) is 38.8 Å². The molecule has 0 saturated carbocycles. The number of carbonyl (C=O) groups excluding carboxylic acids is 4. The topological polar surface area (TPSA) is 120 Å². The van der Waals surface area contributed by atoms with E-state index in [4.69, 9.17) is 18.9 Å². The number of methoxy groups -OCH3 is 1. The zero-order valence-electron chi connectivity index (χ0n) is 21.6. The number of amides is 3. The molecule has 0 unspecified atom stereocenters. The number of carbonyl (C=O) groups is 4. The maximum absolute atomic E-state index is 12.7. The summed E-state index contributed by atoms with van der Waals surface area (Å²) in [5.74, 6) is -0.259. The Morgan fingerprint density at radius 3 is 2.53 bits per heavy atom. The number of anilines is 1. The van der Waals surface area contributed by atoms with Gasteiger partial charge in [-0.25, -0.2) is 0 Å². The van der Waals surface area contributed by atoms with Gasteiger partial charge < -0.3 is 24.3 Å². The Hall–Kier alpha value is -3.99. The fourth-order valence-corrected chi connectivity index (χ4v) is 4.13. The molecule has 1 aliphatic heterocycles. The van der Waals surface area contributed by atoms with Gasteiger partial charge in [0.1, 0.15) is 12.3 Å². The number of rotatable bonds is 12. The van der Waals surface area contributed by atoms with Crippen LogP contribution < -0.4 is 19.5 Å². The fourth-order valence-electron chi connectivity index (χ4n) is 3.30. The number of ether oxygens (including phenoxy) is 4. The SMILES string of the molecule is CCOc1ccccc1NC(=O)COc1ccc(/C=C2/SC(=O)N(CC(=O)OCC(C)C)C2=O)cc1OC. The highest BCUT2D eigenvalue weighted by atomic mass is 32.2. The molecule has 0 bridgehead atoms. The van der Waals surface area contributed by atoms with E-state index in [9.17, 15) is 19.2 Å². The molecule has 1 fully saturated rings. The second-order valence-electron chi connectivity index (χ2n) is 8.52. The minimum absolute atomic E-state index is 0.141. The summed E-state index contributed by atoms with van der Waals surface area (Å²) in [5.41, 5.74) is 1.10. The van der Waals surface area contributed by atoms with E-state index in [1.165, 1.54) is 13.2 Å². The van der Waals surface area contributed by atoms with E-state index in [-0.39, 0.29) is 29.9 Å². The maximum Gasteiger partial charge on any atom is 0.326 e. The van der Waals surface area contributed by atoms with Crippen molar-refractivity contribution in [3.63, 3.8) is 0 Å². The zero-order valence-corrected chi connectivity index (χ0v) is 22.5. The lowest BCUT2D eigenvalue weighted by Gasteiger charge is -2.13. The van der Waals surface area contributed by atoms with Gasteiger partial charge in [-0.1, -0.05) is 32.0 Å². The summed E-state index contributed by atoms with van der Waals surface area (Å²) in [6.45, 7) is 5.58. The third kappa shape index (κ3) is 7.75. The van der Waals surface area contributed by atoms with E-state index >= 15 is 0 Å². The van der Waals surface area contributed by atoms with E-state index in [0.717, 1.165) is 16.7 Å². The first-order chi connectivity index (χ1) is 18.2. The van der Waals surface area contributed by atoms with Gasteiger partial charge in [0.2, 0.25) is 0 Å². The molecule has 3 amide bonds. The number of hydrogen-bond donors (Lipinski definition) is 1. The molecule has 10 nitrogen and oxygen atoms in total. The molecule has 0 radical (unpaired) electrons. The van der Waals surface area contributed by atoms with Crippen LogP contribution in [0.1, 0.15) is 26.3 Å². The van der Waals surface area contributed by atoms with Gasteiger partial charge in [-0.3, -0.25) is 24.1 Å². The molecule has 0 aromatic heterocycles. The first kappa shape index (κ1) is 28.6. The van der Waals surface area contributed by atoms with Crippen molar-refractivity contribution in [3.05, 3.63) is 52.9 Å². The predicted molar refractivity (Wildman–Crippen MR) is 143 cm³/mol. The van der Waals surface area contributed by atoms with Crippen molar-refractivity contribution in [3.8, 4) is 17.2 Å². The van der Waals surface area contributed by atoms with E-state index < -0.39 is 23.7 Å². The number of hydrogen-bond acceptors (Lipinski definition) is 9. The summed E-state index contributed by atoms with van der Waals surface area (Å²) >= 11 is 0.736. The van der Waals surface area contributed by atoms with Crippen LogP contribution in [-0.2, 0) is 19.1 Å². The van der Waals surface area contributed by atoms with Crippen LogP contribution in [0.25, 0.3) is 6.08 Å². The van der Waals surface area contributed by atoms with E-state index in [1.54, 1.807) is 36.4 Å². The molecule has 2 aromatic carbocycles. The Balaban J connectivity index is 1.63. The summed E-state index contributed by atoms with van der Waals surface area (Å²) < 4.78 is 21.6. The summed E-state index contributed by atoms with van der Waals surface area (Å²) in [7, 11) is 1.45. The number of para-hydroxylation sites is 2. The van der Waals surface area contributed by atoms with Gasteiger partial charge in [-0.15, -0.1) is 0 Å². The molecular weight excluding hydrogens is 512 g/mol. The van der Waals surface area contributed by atoms with Gasteiger partial charge in [0, 0.05) is 0 Å². The van der Waals surface area contributed by atoms with Crippen LogP contribution in [0.4, 0.5) is 10.5 Å². The average molecular weight is 543 g/mol. The van der Waals surface area contributed by atoms with Crippen molar-refractivity contribution in [1.29, 1.82) is 0 Å². The zero-order chi connectivity index (χ0) is 27.7. The van der Waals surface area contributed by atoms with Gasteiger partial charge in [0.05, 0.1) is 30.9 Å². The van der Waals surface area contributed by atoms with Gasteiger partial charge in [-0.2, -0.15) is 0 Å². The van der Waals surface area contributed by atoms with Crippen molar-refractivity contribution in [2.45, 2.75) is 20.8 Å². The minimum Gasteiger partial charge on any atom is -0.493 e. The van der Waals surface area contributed by atoms with Crippen molar-refractivity contribution in [2.24, 2.45) is 5.92 Å². The molecule has 0 atom stereocenters. The molecule has 1 heterocycles. The van der Waals surface area contributed by atoms with Crippen LogP contribution in [0.3, 0.4) is 0 Å². The lowest BCUT2D eigenvalue weighted by atomic mass is 10.2. The highest BCUT2D eigenvalue weighted by molar-refractivity contribution is 8.18. The van der Waals surface area contributed by atoms with Gasteiger partial charge in [0.15, 0.2) is 18.1 Å². The van der Waals surface area contributed by atoms with E-state index in [2.05, 4.69) is 5.32 Å². The van der Waals surface area contributed by atoms with Crippen LogP contribution in [0.5, 0.6) is 17.2 Å². The molecule has 38 heavy (non-hydrogen) atoms. The fraction of sp³-hybridized carbons (Fsp3) is 0.333. The third-order valence-electron chi connectivity index (χ3n) is 5.04. The third-order valence-corrected chi connectivity index (χ3v) is 5.95. The van der Waals surface area contributed by atoms with Crippen LogP contribution in [0.15, 0.2) is 47.4 Å². The molecule has 1 aliphatic rings. The highest BCUT2D eigenvalue weighted by Crippen LogP contribution is 2.34. The molecule has 3 rings (SSSR count). The minimum atomic E-state index is -0.643. The van der Waals surface area contributed by atoms with Crippen molar-refractivity contribution >= 4 is 46.5 Å². The Labute approximate surface area is 225 Å². The monoisotopic (exact) mass is 542 g/mol. The molecular formula is C27H30N2O8S. The van der Waals surface area contributed by atoms with Gasteiger partial charge in [0.25, 0.3) is 17.1 Å². The summed E-state index contributed by atoms with van der Waals surface area (Å²) in [4.78, 5) is 50.4. The first-order valence-electron chi connectivity index (χ1n) is 11.9. The molecule has 1 saturated heterocycles. The Bertz CT molecular complexity index is 1230. The molecule has 0 aliphatic carbocycles. The second-order valence-corrected chi connectivity index (χ2v) is 9.51.